The zero-order valence-corrected chi connectivity index (χ0v) is 6.34. The second kappa shape index (κ2) is 2.26. The Labute approximate surface area is 62.5 Å². The maximum atomic E-state index is 10.9. The van der Waals surface area contributed by atoms with E-state index in [9.17, 15) is 9.59 Å². The molecule has 0 spiro atoms. The third-order valence-corrected chi connectivity index (χ3v) is 1.66. The Hall–Kier alpha value is -1.52. The molecule has 0 amide bonds. The second-order valence-electron chi connectivity index (χ2n) is 2.32. The van der Waals surface area contributed by atoms with Gasteiger partial charge in [0.2, 0.25) is 0 Å². The smallest absolute Gasteiger partial charge is 0.328 e. The molecule has 0 radical (unpaired) electrons. The number of H-pyrrole nitrogens is 1. The maximum absolute atomic E-state index is 10.9. The Balaban J connectivity index is 3.73. The van der Waals surface area contributed by atoms with Crippen LogP contribution in [0.25, 0.3) is 0 Å². The molecule has 0 aliphatic heterocycles. The van der Waals surface area contributed by atoms with Gasteiger partial charge in [0.05, 0.1) is 0 Å². The van der Waals surface area contributed by atoms with Crippen LogP contribution in [0.1, 0.15) is 5.69 Å². The average molecular weight is 155 g/mol. The number of nitrogens with zero attached hydrogens (tertiary/aromatic N) is 1. The number of aromatic amines is 1. The molecule has 0 bridgehead atoms. The van der Waals surface area contributed by atoms with Crippen molar-refractivity contribution < 1.29 is 0 Å². The van der Waals surface area contributed by atoms with Gasteiger partial charge in [-0.3, -0.25) is 14.3 Å². The van der Waals surface area contributed by atoms with E-state index in [1.165, 1.54) is 4.57 Å². The summed E-state index contributed by atoms with van der Waals surface area (Å²) in [4.78, 5) is 23.8. The lowest BCUT2D eigenvalue weighted by Crippen LogP contribution is -2.31. The van der Waals surface area contributed by atoms with E-state index in [0.29, 0.717) is 5.69 Å². The van der Waals surface area contributed by atoms with Gasteiger partial charge in [-0.1, -0.05) is 0 Å². The van der Waals surface area contributed by atoms with Crippen LogP contribution in [0.5, 0.6) is 0 Å². The van der Waals surface area contributed by atoms with Gasteiger partial charge in [0.15, 0.2) is 0 Å². The molecule has 0 saturated carbocycles. The minimum absolute atomic E-state index is 0.0899. The van der Waals surface area contributed by atoms with Gasteiger partial charge < -0.3 is 5.73 Å². The van der Waals surface area contributed by atoms with Gasteiger partial charge in [0.1, 0.15) is 5.69 Å². The van der Waals surface area contributed by atoms with E-state index in [-0.39, 0.29) is 5.69 Å². The summed E-state index contributed by atoms with van der Waals surface area (Å²) in [5.41, 5.74) is 4.96. The summed E-state index contributed by atoms with van der Waals surface area (Å²) < 4.78 is 1.29. The van der Waals surface area contributed by atoms with E-state index in [4.69, 9.17) is 5.73 Å². The summed E-state index contributed by atoms with van der Waals surface area (Å²) in [6.45, 7) is 1.62. The van der Waals surface area contributed by atoms with E-state index in [0.717, 1.165) is 0 Å². The molecule has 0 unspecified atom stereocenters. The second-order valence-corrected chi connectivity index (χ2v) is 2.32. The highest BCUT2D eigenvalue weighted by atomic mass is 16.2. The fraction of sp³-hybridized carbons (Fsp3) is 0.333. The number of nitrogens with two attached hydrogens (primary N) is 1. The first-order chi connectivity index (χ1) is 5.04. The fourth-order valence-electron chi connectivity index (χ4n) is 0.746. The summed E-state index contributed by atoms with van der Waals surface area (Å²) in [5, 5.41) is 0. The highest BCUT2D eigenvalue weighted by molar-refractivity contribution is 5.38. The van der Waals surface area contributed by atoms with E-state index >= 15 is 0 Å². The molecule has 60 valence electrons. The van der Waals surface area contributed by atoms with Gasteiger partial charge in [0.25, 0.3) is 5.56 Å². The van der Waals surface area contributed by atoms with Crippen molar-refractivity contribution in [2.75, 3.05) is 5.73 Å². The number of aromatic nitrogens is 2. The largest absolute Gasteiger partial charge is 0.393 e. The molecule has 1 aromatic heterocycles. The average Bonchev–Trinajstić information content (AvgIpc) is 1.97. The first kappa shape index (κ1) is 7.59. The van der Waals surface area contributed by atoms with Crippen LogP contribution >= 0.6 is 0 Å². The SMILES string of the molecule is Cc1c(N)c(=O)[nH]c(=O)n1C. The number of anilines is 1. The first-order valence-corrected chi connectivity index (χ1v) is 3.09. The van der Waals surface area contributed by atoms with Crippen LogP contribution in [0.15, 0.2) is 9.59 Å². The van der Waals surface area contributed by atoms with E-state index in [2.05, 4.69) is 4.98 Å². The lowest BCUT2D eigenvalue weighted by Gasteiger charge is -2.02. The van der Waals surface area contributed by atoms with Gasteiger partial charge >= 0.3 is 5.69 Å². The predicted octanol–water partition coefficient (Wildman–Crippen LogP) is -1.04. The molecule has 0 aliphatic rings. The zero-order chi connectivity index (χ0) is 8.59. The van der Waals surface area contributed by atoms with Gasteiger partial charge in [-0.05, 0) is 6.92 Å². The molecule has 5 heteroatoms. The van der Waals surface area contributed by atoms with E-state index < -0.39 is 11.2 Å². The number of hydrogen-bond donors (Lipinski definition) is 2. The quantitative estimate of drug-likeness (QED) is 0.502. The lowest BCUT2D eigenvalue weighted by atomic mass is 10.4. The third-order valence-electron chi connectivity index (χ3n) is 1.66. The molecule has 0 saturated heterocycles. The van der Waals surface area contributed by atoms with Crippen molar-refractivity contribution in [3.8, 4) is 0 Å². The minimum atomic E-state index is -0.523. The maximum Gasteiger partial charge on any atom is 0.328 e. The molecule has 11 heavy (non-hydrogen) atoms. The van der Waals surface area contributed by atoms with Crippen molar-refractivity contribution in [2.45, 2.75) is 6.92 Å². The minimum Gasteiger partial charge on any atom is -0.393 e. The summed E-state index contributed by atoms with van der Waals surface area (Å²) in [5.74, 6) is 0. The van der Waals surface area contributed by atoms with Crippen LogP contribution in [0.3, 0.4) is 0 Å². The zero-order valence-electron chi connectivity index (χ0n) is 6.34. The first-order valence-electron chi connectivity index (χ1n) is 3.09. The van der Waals surface area contributed by atoms with Crippen molar-refractivity contribution in [3.63, 3.8) is 0 Å². The number of hydrogen-bond acceptors (Lipinski definition) is 3. The van der Waals surface area contributed by atoms with Crippen LogP contribution in [-0.2, 0) is 7.05 Å². The van der Waals surface area contributed by atoms with Crippen molar-refractivity contribution in [3.05, 3.63) is 26.5 Å². The topological polar surface area (TPSA) is 80.9 Å². The molecular formula is C6H9N3O2. The van der Waals surface area contributed by atoms with E-state index in [1.54, 1.807) is 14.0 Å². The summed E-state index contributed by atoms with van der Waals surface area (Å²) in [6, 6.07) is 0. The molecule has 3 N–H and O–H groups in total. The van der Waals surface area contributed by atoms with E-state index in [1.807, 2.05) is 0 Å². The predicted molar refractivity (Wildman–Crippen MR) is 41.5 cm³/mol. The third kappa shape index (κ3) is 1.04. The van der Waals surface area contributed by atoms with Gasteiger partial charge in [-0.2, -0.15) is 0 Å². The van der Waals surface area contributed by atoms with Crippen molar-refractivity contribution in [1.29, 1.82) is 0 Å². The molecule has 0 aliphatic carbocycles. The Morgan fingerprint density at radius 1 is 1.45 bits per heavy atom. The van der Waals surface area contributed by atoms with Crippen LogP contribution in [0.4, 0.5) is 5.69 Å². The Kier molecular flexibility index (Phi) is 1.56. The van der Waals surface area contributed by atoms with Crippen molar-refractivity contribution in [2.24, 2.45) is 7.05 Å². The number of nitrogen functional groups attached to an aromatic ring is 1. The van der Waals surface area contributed by atoms with Crippen LogP contribution < -0.4 is 17.0 Å². The van der Waals surface area contributed by atoms with Gasteiger partial charge in [-0.15, -0.1) is 0 Å². The number of rotatable bonds is 0. The van der Waals surface area contributed by atoms with Crippen LogP contribution in [0.2, 0.25) is 0 Å². The Morgan fingerprint density at radius 3 is 2.55 bits per heavy atom. The highest BCUT2D eigenvalue weighted by Crippen LogP contribution is 1.96. The Morgan fingerprint density at radius 2 is 2.00 bits per heavy atom. The van der Waals surface area contributed by atoms with Gasteiger partial charge in [-0.25, -0.2) is 4.79 Å². The van der Waals surface area contributed by atoms with Crippen molar-refractivity contribution >= 4 is 5.69 Å². The summed E-state index contributed by atoms with van der Waals surface area (Å²) in [6.07, 6.45) is 0. The molecule has 1 rings (SSSR count). The standard InChI is InChI=1S/C6H9N3O2/c1-3-4(7)5(10)8-6(11)9(3)2/h7H2,1-2H3,(H,8,10,11). The molecule has 5 nitrogen and oxygen atoms in total. The van der Waals surface area contributed by atoms with Crippen LogP contribution in [0, 0.1) is 6.92 Å². The van der Waals surface area contributed by atoms with Gasteiger partial charge in [0, 0.05) is 12.7 Å². The summed E-state index contributed by atoms with van der Waals surface area (Å²) >= 11 is 0. The molecule has 1 heterocycles. The normalized spacial score (nSPS) is 10.0. The molecule has 1 aromatic rings. The molecule has 0 atom stereocenters. The number of nitrogens with one attached hydrogen (secondary N) is 1. The highest BCUT2D eigenvalue weighted by Gasteiger charge is 2.02. The lowest BCUT2D eigenvalue weighted by molar-refractivity contribution is 0.770. The molecule has 0 fully saturated rings. The molecular weight excluding hydrogens is 146 g/mol. The Bertz CT molecular complexity index is 354. The van der Waals surface area contributed by atoms with Crippen molar-refractivity contribution in [1.82, 2.24) is 9.55 Å². The monoisotopic (exact) mass is 155 g/mol. The summed E-state index contributed by atoms with van der Waals surface area (Å²) in [7, 11) is 1.55. The fourth-order valence-corrected chi connectivity index (χ4v) is 0.746. The van der Waals surface area contributed by atoms with Crippen LogP contribution in [-0.4, -0.2) is 9.55 Å². The molecule has 0 aromatic carbocycles.